The van der Waals surface area contributed by atoms with Crippen LogP contribution in [0, 0.1) is 18.8 Å². The number of hydrogen-bond acceptors (Lipinski definition) is 5. The fraction of sp³-hybridized carbons (Fsp3) is 0.588. The number of H-pyrrole nitrogens is 1. The van der Waals surface area contributed by atoms with Crippen molar-refractivity contribution in [2.75, 3.05) is 11.5 Å². The molecule has 0 radical (unpaired) electrons. The van der Waals surface area contributed by atoms with E-state index in [0.29, 0.717) is 17.8 Å². The van der Waals surface area contributed by atoms with Crippen LogP contribution in [0.3, 0.4) is 0 Å². The molecule has 2 N–H and O–H groups in total. The summed E-state index contributed by atoms with van der Waals surface area (Å²) in [4.78, 5) is 29.2. The average Bonchev–Trinajstić information content (AvgIpc) is 3.06. The molecule has 142 valence electrons. The lowest BCUT2D eigenvalue weighted by atomic mass is 9.99. The molecule has 1 aliphatic rings. The number of carbonyl (C=O) groups excluding carboxylic acids is 1. The predicted octanol–water partition coefficient (Wildman–Crippen LogP) is 0.969. The van der Waals surface area contributed by atoms with Gasteiger partial charge in [-0.05, 0) is 25.2 Å². The summed E-state index contributed by atoms with van der Waals surface area (Å²) in [7, 11) is -3.01. The summed E-state index contributed by atoms with van der Waals surface area (Å²) >= 11 is 0. The van der Waals surface area contributed by atoms with Gasteiger partial charge in [-0.25, -0.2) is 17.9 Å². The molecule has 2 atom stereocenters. The maximum absolute atomic E-state index is 12.4. The van der Waals surface area contributed by atoms with Gasteiger partial charge in [-0.1, -0.05) is 13.8 Å². The van der Waals surface area contributed by atoms with Gasteiger partial charge in [0, 0.05) is 24.2 Å². The maximum atomic E-state index is 12.4. The van der Waals surface area contributed by atoms with Crippen molar-refractivity contribution in [2.24, 2.45) is 11.8 Å². The van der Waals surface area contributed by atoms with Crippen LogP contribution in [0.25, 0.3) is 5.65 Å². The van der Waals surface area contributed by atoms with Gasteiger partial charge in [0.2, 0.25) is 5.91 Å². The Morgan fingerprint density at radius 1 is 1.42 bits per heavy atom. The van der Waals surface area contributed by atoms with Gasteiger partial charge >= 0.3 is 0 Å². The van der Waals surface area contributed by atoms with E-state index in [-0.39, 0.29) is 41.2 Å². The second kappa shape index (κ2) is 6.86. The minimum absolute atomic E-state index is 0.0284. The summed E-state index contributed by atoms with van der Waals surface area (Å²) in [5, 5.41) is 5.85. The van der Waals surface area contributed by atoms with E-state index in [1.807, 2.05) is 20.8 Å². The van der Waals surface area contributed by atoms with E-state index >= 15 is 0 Å². The molecule has 0 aromatic carbocycles. The van der Waals surface area contributed by atoms with Gasteiger partial charge in [0.1, 0.15) is 0 Å². The Labute approximate surface area is 151 Å². The third-order valence-electron chi connectivity index (χ3n) is 4.70. The van der Waals surface area contributed by atoms with Gasteiger partial charge in [-0.15, -0.1) is 0 Å². The van der Waals surface area contributed by atoms with Crippen LogP contribution >= 0.6 is 0 Å². The first-order valence-electron chi connectivity index (χ1n) is 8.74. The zero-order valence-electron chi connectivity index (χ0n) is 15.2. The Kier molecular flexibility index (Phi) is 4.92. The number of rotatable bonds is 5. The van der Waals surface area contributed by atoms with Crippen molar-refractivity contribution < 1.29 is 13.2 Å². The van der Waals surface area contributed by atoms with Crippen LogP contribution in [-0.2, 0) is 14.6 Å². The zero-order valence-corrected chi connectivity index (χ0v) is 16.0. The Hall–Kier alpha value is -2.16. The molecular weight excluding hydrogens is 356 g/mol. The smallest absolute Gasteiger partial charge is 0.272 e. The Morgan fingerprint density at radius 2 is 2.15 bits per heavy atom. The van der Waals surface area contributed by atoms with Crippen molar-refractivity contribution >= 4 is 21.4 Å². The number of amides is 1. The van der Waals surface area contributed by atoms with Crippen molar-refractivity contribution in [2.45, 2.75) is 39.7 Å². The van der Waals surface area contributed by atoms with Crippen molar-refractivity contribution in [3.05, 3.63) is 33.9 Å². The number of hydrogen-bond donors (Lipinski definition) is 2. The molecule has 2 aromatic rings. The van der Waals surface area contributed by atoms with Crippen LogP contribution in [0.4, 0.5) is 0 Å². The molecule has 0 bridgehead atoms. The first-order valence-corrected chi connectivity index (χ1v) is 10.6. The van der Waals surface area contributed by atoms with Crippen molar-refractivity contribution in [3.63, 3.8) is 0 Å². The molecule has 8 nitrogen and oxygen atoms in total. The molecule has 1 fully saturated rings. The molecule has 3 rings (SSSR count). The minimum atomic E-state index is -3.01. The SMILES string of the molecule is Cc1cc2nc(C(NC(=O)CC3CCS(=O)(=O)C3)C(C)C)cc(=O)n2[nH]1. The second-order valence-electron chi connectivity index (χ2n) is 7.41. The highest BCUT2D eigenvalue weighted by Crippen LogP contribution is 2.24. The predicted molar refractivity (Wildman–Crippen MR) is 97.6 cm³/mol. The van der Waals surface area contributed by atoms with Gasteiger partial charge in [0.15, 0.2) is 15.5 Å². The number of nitrogens with zero attached hydrogens (tertiary/aromatic N) is 2. The zero-order chi connectivity index (χ0) is 19.1. The quantitative estimate of drug-likeness (QED) is 0.802. The lowest BCUT2D eigenvalue weighted by molar-refractivity contribution is -0.123. The van der Waals surface area contributed by atoms with Crippen LogP contribution in [0.1, 0.15) is 44.1 Å². The first kappa shape index (κ1) is 18.6. The molecule has 2 aromatic heterocycles. The highest BCUT2D eigenvalue weighted by Gasteiger charge is 2.30. The standard InChI is InChI=1S/C17H24N4O4S/c1-10(2)17(19-15(22)7-12-4-5-26(24,25)9-12)13-8-16(23)21-14(18-13)6-11(3)20-21/h6,8,10,12,17,20H,4-5,7,9H2,1-3H3,(H,19,22). The first-order chi connectivity index (χ1) is 12.1. The van der Waals surface area contributed by atoms with Crippen LogP contribution in [-0.4, -0.2) is 40.4 Å². The van der Waals surface area contributed by atoms with Crippen molar-refractivity contribution in [3.8, 4) is 0 Å². The molecule has 1 aliphatic heterocycles. The van der Waals surface area contributed by atoms with E-state index in [4.69, 9.17) is 0 Å². The number of fused-ring (bicyclic) bond motifs is 1. The monoisotopic (exact) mass is 380 g/mol. The molecule has 3 heterocycles. The summed E-state index contributed by atoms with van der Waals surface area (Å²) in [6.45, 7) is 5.72. The van der Waals surface area contributed by atoms with E-state index in [9.17, 15) is 18.0 Å². The normalized spacial score (nSPS) is 20.5. The van der Waals surface area contributed by atoms with Gasteiger partial charge in [-0.3, -0.25) is 14.7 Å². The van der Waals surface area contributed by atoms with E-state index < -0.39 is 15.9 Å². The number of aromatic amines is 1. The molecule has 1 saturated heterocycles. The highest BCUT2D eigenvalue weighted by molar-refractivity contribution is 7.91. The Morgan fingerprint density at radius 3 is 2.77 bits per heavy atom. The van der Waals surface area contributed by atoms with Crippen LogP contribution in [0.15, 0.2) is 16.9 Å². The molecule has 1 amide bonds. The summed E-state index contributed by atoms with van der Waals surface area (Å²) in [6, 6.07) is 2.79. The van der Waals surface area contributed by atoms with Gasteiger partial charge in [-0.2, -0.15) is 0 Å². The summed E-state index contributed by atoms with van der Waals surface area (Å²) in [5.41, 5.74) is 1.60. The number of aryl methyl sites for hydroxylation is 1. The topological polar surface area (TPSA) is 113 Å². The van der Waals surface area contributed by atoms with E-state index in [1.54, 1.807) is 6.07 Å². The number of carbonyl (C=O) groups is 1. The second-order valence-corrected chi connectivity index (χ2v) is 9.64. The third-order valence-corrected chi connectivity index (χ3v) is 6.54. The maximum Gasteiger partial charge on any atom is 0.272 e. The molecular formula is C17H24N4O4S. The Bertz CT molecular complexity index is 990. The summed E-state index contributed by atoms with van der Waals surface area (Å²) < 4.78 is 24.5. The van der Waals surface area contributed by atoms with E-state index in [2.05, 4.69) is 15.4 Å². The molecule has 0 spiro atoms. The molecule has 0 aliphatic carbocycles. The van der Waals surface area contributed by atoms with Crippen molar-refractivity contribution in [1.82, 2.24) is 19.9 Å². The third kappa shape index (κ3) is 3.98. The van der Waals surface area contributed by atoms with E-state index in [0.717, 1.165) is 5.69 Å². The minimum Gasteiger partial charge on any atom is -0.347 e. The van der Waals surface area contributed by atoms with Crippen LogP contribution in [0.5, 0.6) is 0 Å². The summed E-state index contributed by atoms with van der Waals surface area (Å²) in [5.74, 6) is -0.0960. The van der Waals surface area contributed by atoms with Gasteiger partial charge in [0.25, 0.3) is 5.56 Å². The number of nitrogens with one attached hydrogen (secondary N) is 2. The fourth-order valence-corrected chi connectivity index (χ4v) is 5.26. The molecule has 0 saturated carbocycles. The average molecular weight is 380 g/mol. The lowest BCUT2D eigenvalue weighted by Crippen LogP contribution is -2.34. The fourth-order valence-electron chi connectivity index (χ4n) is 3.40. The lowest BCUT2D eigenvalue weighted by Gasteiger charge is -2.22. The summed E-state index contributed by atoms with van der Waals surface area (Å²) in [6.07, 6.45) is 0.698. The number of sulfone groups is 1. The van der Waals surface area contributed by atoms with Crippen LogP contribution < -0.4 is 10.9 Å². The van der Waals surface area contributed by atoms with Gasteiger partial charge in [0.05, 0.1) is 23.2 Å². The van der Waals surface area contributed by atoms with Crippen molar-refractivity contribution in [1.29, 1.82) is 0 Å². The van der Waals surface area contributed by atoms with E-state index in [1.165, 1.54) is 10.6 Å². The van der Waals surface area contributed by atoms with Crippen LogP contribution in [0.2, 0.25) is 0 Å². The molecule has 9 heteroatoms. The Balaban J connectivity index is 1.79. The molecule has 2 unspecified atom stereocenters. The highest BCUT2D eigenvalue weighted by atomic mass is 32.2. The number of aromatic nitrogens is 3. The molecule has 26 heavy (non-hydrogen) atoms. The largest absolute Gasteiger partial charge is 0.347 e. The van der Waals surface area contributed by atoms with Gasteiger partial charge < -0.3 is 5.32 Å².